The van der Waals surface area contributed by atoms with Crippen LogP contribution in [0.1, 0.15) is 35.4 Å². The lowest BCUT2D eigenvalue weighted by molar-refractivity contribution is -0.143. The van der Waals surface area contributed by atoms with Gasteiger partial charge in [-0.2, -0.15) is 26.3 Å². The number of ether oxygens (including phenoxy) is 1. The van der Waals surface area contributed by atoms with Gasteiger partial charge in [0, 0.05) is 17.5 Å². The second-order valence-corrected chi connectivity index (χ2v) is 14.6. The molecule has 4 aliphatic rings. The topological polar surface area (TPSA) is 104 Å². The Labute approximate surface area is 316 Å². The first kappa shape index (κ1) is 39.3. The Hall–Kier alpha value is -4.91. The standard InChI is InChI=1S/C35H19Cl2F11N2O6/c1-56-14-2-3-16(19(51)9-14)21-15-4-5-17-20(29(53)49(28(17)52)13-7-11(34(43,44)45)6-12(8-13)35(46,47)48)18(15)10-32(36)30(54)50(31(55)33(21,32)37)27-25(41)23(39)22(38)24(40)26(27)42/h2-4,6-9,17-18,20-21,51H,5,10H2,1H3. The van der Waals surface area contributed by atoms with E-state index in [9.17, 15) is 63.8 Å². The Kier molecular flexibility index (Phi) is 8.81. The molecule has 3 aromatic rings. The molecule has 7 rings (SSSR count). The minimum absolute atomic E-state index is 0.000403. The summed E-state index contributed by atoms with van der Waals surface area (Å²) >= 11 is 13.9. The van der Waals surface area contributed by atoms with E-state index >= 15 is 8.78 Å². The van der Waals surface area contributed by atoms with E-state index in [0.717, 1.165) is 12.1 Å². The Morgan fingerprint density at radius 2 is 1.30 bits per heavy atom. The molecule has 56 heavy (non-hydrogen) atoms. The lowest BCUT2D eigenvalue weighted by Gasteiger charge is -2.50. The average molecular weight is 843 g/mol. The molecule has 6 unspecified atom stereocenters. The number of carbonyl (C=O) groups is 4. The van der Waals surface area contributed by atoms with Crippen molar-refractivity contribution in [3.05, 3.63) is 93.8 Å². The van der Waals surface area contributed by atoms with Gasteiger partial charge in [0.15, 0.2) is 33.0 Å². The SMILES string of the molecule is COc1ccc(C2C3=CCC4C(=O)N(c5cc(C(F)(F)F)cc(C(F)(F)F)c5)C(=O)C4C3CC3(Cl)C(=O)N(c4c(F)c(F)c(F)c(F)c4F)C(=O)C23Cl)c(O)c1. The van der Waals surface area contributed by atoms with Crippen molar-refractivity contribution < 1.29 is 77.3 Å². The molecular weight excluding hydrogens is 824 g/mol. The van der Waals surface area contributed by atoms with E-state index in [2.05, 4.69) is 0 Å². The van der Waals surface area contributed by atoms with Crippen LogP contribution >= 0.6 is 23.2 Å². The molecule has 0 aromatic heterocycles. The molecule has 2 aliphatic carbocycles. The Balaban J connectivity index is 1.42. The molecule has 1 saturated carbocycles. The zero-order valence-corrected chi connectivity index (χ0v) is 29.1. The molecule has 2 heterocycles. The molecule has 21 heteroatoms. The highest BCUT2D eigenvalue weighted by molar-refractivity contribution is 6.58. The van der Waals surface area contributed by atoms with Gasteiger partial charge in [0.2, 0.25) is 17.6 Å². The number of halogens is 13. The van der Waals surface area contributed by atoms with Crippen LogP contribution in [0.5, 0.6) is 11.5 Å². The van der Waals surface area contributed by atoms with Crippen LogP contribution in [0.25, 0.3) is 0 Å². The maximum absolute atomic E-state index is 15.2. The fourth-order valence-corrected chi connectivity index (χ4v) is 9.06. The number of alkyl halides is 8. The monoisotopic (exact) mass is 842 g/mol. The molecule has 4 amide bonds. The number of nitrogens with zero attached hydrogens (tertiary/aromatic N) is 2. The molecule has 2 saturated heterocycles. The second kappa shape index (κ2) is 12.5. The lowest BCUT2D eigenvalue weighted by Crippen LogP contribution is -2.60. The molecule has 1 N–H and O–H groups in total. The number of hydrogen-bond donors (Lipinski definition) is 1. The van der Waals surface area contributed by atoms with Gasteiger partial charge in [0.25, 0.3) is 11.8 Å². The Bertz CT molecular complexity index is 2270. The van der Waals surface area contributed by atoms with Crippen molar-refractivity contribution in [1.29, 1.82) is 0 Å². The molecule has 296 valence electrons. The maximum Gasteiger partial charge on any atom is 0.416 e. The number of fused-ring (bicyclic) bond motifs is 4. The van der Waals surface area contributed by atoms with Gasteiger partial charge in [-0.05, 0) is 43.0 Å². The zero-order valence-electron chi connectivity index (χ0n) is 27.6. The predicted molar refractivity (Wildman–Crippen MR) is 170 cm³/mol. The minimum Gasteiger partial charge on any atom is -0.508 e. The van der Waals surface area contributed by atoms with E-state index in [0.29, 0.717) is 0 Å². The van der Waals surface area contributed by atoms with E-state index in [4.69, 9.17) is 27.9 Å². The van der Waals surface area contributed by atoms with E-state index in [1.165, 1.54) is 19.3 Å². The number of imide groups is 2. The van der Waals surface area contributed by atoms with Crippen molar-refractivity contribution in [2.45, 2.75) is 40.9 Å². The highest BCUT2D eigenvalue weighted by Gasteiger charge is 2.77. The summed E-state index contributed by atoms with van der Waals surface area (Å²) in [7, 11) is 1.19. The number of aromatic hydroxyl groups is 1. The first-order valence-corrected chi connectivity index (χ1v) is 16.7. The molecule has 6 atom stereocenters. The van der Waals surface area contributed by atoms with Crippen molar-refractivity contribution in [3.63, 3.8) is 0 Å². The van der Waals surface area contributed by atoms with Crippen molar-refractivity contribution in [3.8, 4) is 11.5 Å². The largest absolute Gasteiger partial charge is 0.508 e. The van der Waals surface area contributed by atoms with E-state index < -0.39 is 144 Å². The molecule has 2 aliphatic heterocycles. The summed E-state index contributed by atoms with van der Waals surface area (Å²) in [4.78, 5) is 50.2. The number of hydrogen-bond acceptors (Lipinski definition) is 6. The van der Waals surface area contributed by atoms with Gasteiger partial charge in [-0.15, -0.1) is 23.2 Å². The summed E-state index contributed by atoms with van der Waals surface area (Å²) in [5, 5.41) is 11.2. The number of amides is 4. The third kappa shape index (κ3) is 5.25. The third-order valence-corrected chi connectivity index (χ3v) is 12.0. The van der Waals surface area contributed by atoms with Crippen LogP contribution in [0.3, 0.4) is 0 Å². The predicted octanol–water partition coefficient (Wildman–Crippen LogP) is 7.90. The van der Waals surface area contributed by atoms with Crippen LogP contribution in [0.2, 0.25) is 0 Å². The smallest absolute Gasteiger partial charge is 0.416 e. The molecule has 3 fully saturated rings. The maximum atomic E-state index is 15.2. The van der Waals surface area contributed by atoms with Gasteiger partial charge in [0.05, 0.1) is 35.8 Å². The number of phenols is 1. The zero-order chi connectivity index (χ0) is 41.4. The van der Waals surface area contributed by atoms with E-state index in [-0.39, 0.29) is 40.0 Å². The first-order valence-electron chi connectivity index (χ1n) is 15.9. The Morgan fingerprint density at radius 1 is 0.750 bits per heavy atom. The summed E-state index contributed by atoms with van der Waals surface area (Å²) < 4.78 is 161. The lowest BCUT2D eigenvalue weighted by atomic mass is 9.56. The number of benzene rings is 3. The van der Waals surface area contributed by atoms with Crippen molar-refractivity contribution in [1.82, 2.24) is 0 Å². The van der Waals surface area contributed by atoms with Crippen LogP contribution in [-0.4, -0.2) is 45.6 Å². The highest BCUT2D eigenvalue weighted by Crippen LogP contribution is 2.67. The minimum atomic E-state index is -5.38. The second-order valence-electron chi connectivity index (χ2n) is 13.4. The number of rotatable bonds is 4. The molecule has 3 aromatic carbocycles. The van der Waals surface area contributed by atoms with Crippen molar-refractivity contribution in [2.75, 3.05) is 16.9 Å². The number of allylic oxidation sites excluding steroid dienone is 2. The summed E-state index contributed by atoms with van der Waals surface area (Å²) in [6.45, 7) is 0. The van der Waals surface area contributed by atoms with Crippen LogP contribution in [0, 0.1) is 46.8 Å². The van der Waals surface area contributed by atoms with Crippen molar-refractivity contribution in [2.24, 2.45) is 17.8 Å². The van der Waals surface area contributed by atoms with Gasteiger partial charge < -0.3 is 9.84 Å². The normalized spacial score (nSPS) is 27.7. The first-order chi connectivity index (χ1) is 25.9. The van der Waals surface area contributed by atoms with Gasteiger partial charge in [0.1, 0.15) is 17.2 Å². The van der Waals surface area contributed by atoms with E-state index in [1.54, 1.807) is 0 Å². The average Bonchev–Trinajstić information content (AvgIpc) is 3.47. The van der Waals surface area contributed by atoms with Gasteiger partial charge in [-0.3, -0.25) is 19.2 Å². The summed E-state index contributed by atoms with van der Waals surface area (Å²) in [6.07, 6.45) is -11.1. The number of carbonyl (C=O) groups excluding carboxylic acids is 4. The molecule has 0 bridgehead atoms. The summed E-state index contributed by atoms with van der Waals surface area (Å²) in [6, 6.07) is 3.35. The number of phenolic OH excluding ortho intramolecular Hbond substituents is 1. The van der Waals surface area contributed by atoms with Crippen LogP contribution < -0.4 is 14.5 Å². The number of anilines is 2. The fourth-order valence-electron chi connectivity index (χ4n) is 8.13. The van der Waals surface area contributed by atoms with Gasteiger partial charge >= 0.3 is 12.4 Å². The van der Waals surface area contributed by atoms with Crippen LogP contribution in [0.4, 0.5) is 59.7 Å². The fraction of sp³-hybridized carbons (Fsp3) is 0.314. The Morgan fingerprint density at radius 3 is 1.82 bits per heavy atom. The summed E-state index contributed by atoms with van der Waals surface area (Å²) in [5.74, 6) is -27.0. The van der Waals surface area contributed by atoms with Gasteiger partial charge in [-0.1, -0.05) is 17.7 Å². The molecular formula is C35H19Cl2F11N2O6. The third-order valence-electron chi connectivity index (χ3n) is 10.6. The highest BCUT2D eigenvalue weighted by atomic mass is 35.5. The van der Waals surface area contributed by atoms with Gasteiger partial charge in [-0.25, -0.2) is 31.8 Å². The molecule has 0 radical (unpaired) electrons. The van der Waals surface area contributed by atoms with Crippen LogP contribution in [0.15, 0.2) is 48.0 Å². The summed E-state index contributed by atoms with van der Waals surface area (Å²) in [5.41, 5.74) is -7.43. The molecule has 0 spiro atoms. The van der Waals surface area contributed by atoms with E-state index in [1.807, 2.05) is 0 Å². The quantitative estimate of drug-likeness (QED) is 0.0716. The van der Waals surface area contributed by atoms with Crippen molar-refractivity contribution >= 4 is 58.2 Å². The van der Waals surface area contributed by atoms with Crippen LogP contribution in [-0.2, 0) is 31.5 Å². The number of methoxy groups -OCH3 is 1. The molecule has 8 nitrogen and oxygen atoms in total.